The van der Waals surface area contributed by atoms with E-state index in [0.717, 1.165) is 0 Å². The van der Waals surface area contributed by atoms with Gasteiger partial charge < -0.3 is 44.7 Å². The fourth-order valence-corrected chi connectivity index (χ4v) is 8.52. The number of aromatic hydroxyl groups is 2. The van der Waals surface area contributed by atoms with Gasteiger partial charge in [0, 0.05) is 87.1 Å². The lowest BCUT2D eigenvalue weighted by Gasteiger charge is -2.38. The molecule has 4 bridgehead atoms. The number of phenols is 2. The van der Waals surface area contributed by atoms with Gasteiger partial charge in [0.25, 0.3) is 11.7 Å². The Morgan fingerprint density at radius 2 is 1.63 bits per heavy atom. The Morgan fingerprint density at radius 3 is 2.25 bits per heavy atom. The highest BCUT2D eigenvalue weighted by molar-refractivity contribution is 6.19. The van der Waals surface area contributed by atoms with E-state index in [1.54, 1.807) is 46.8 Å². The number of ketones is 1. The van der Waals surface area contributed by atoms with Crippen LogP contribution in [0.2, 0.25) is 0 Å². The number of nitroso groups, excluding NO2 is 1. The molecule has 6 rings (SSSR count). The van der Waals surface area contributed by atoms with E-state index in [9.17, 15) is 39.7 Å². The van der Waals surface area contributed by atoms with Crippen molar-refractivity contribution in [1.29, 1.82) is 0 Å². The molecule has 0 radical (unpaired) electrons. The minimum atomic E-state index is -2.00. The van der Waals surface area contributed by atoms with E-state index < -0.39 is 88.7 Å². The first kappa shape index (κ1) is 43.2. The van der Waals surface area contributed by atoms with Crippen molar-refractivity contribution in [2.24, 2.45) is 38.9 Å². The zero-order valence-electron chi connectivity index (χ0n) is 34.7. The molecule has 0 aromatic heterocycles. The lowest BCUT2D eigenvalue weighted by molar-refractivity contribution is -0.160. The summed E-state index contributed by atoms with van der Waals surface area (Å²) in [6, 6.07) is 0. The number of aliphatic hydroxyl groups is 2. The van der Waals surface area contributed by atoms with Crippen molar-refractivity contribution in [3.8, 4) is 17.2 Å². The summed E-state index contributed by atoms with van der Waals surface area (Å²) in [6.07, 6.45) is 4.18. The molecule has 4 heterocycles. The molecule has 17 nitrogen and oxygen atoms in total. The molecule has 0 saturated carbocycles. The van der Waals surface area contributed by atoms with Gasteiger partial charge in [0.05, 0.1) is 46.2 Å². The van der Waals surface area contributed by atoms with E-state index in [-0.39, 0.29) is 75.6 Å². The van der Waals surface area contributed by atoms with Crippen molar-refractivity contribution in [2.75, 3.05) is 25.5 Å². The van der Waals surface area contributed by atoms with E-state index in [4.69, 9.17) is 28.9 Å². The van der Waals surface area contributed by atoms with E-state index in [2.05, 4.69) is 10.6 Å². The Morgan fingerprint density at radius 1 is 0.966 bits per heavy atom. The van der Waals surface area contributed by atoms with Crippen molar-refractivity contribution < 1.29 is 53.8 Å². The highest BCUT2D eigenvalue weighted by Crippen LogP contribution is 2.50. The van der Waals surface area contributed by atoms with Crippen LogP contribution in [0.4, 0.5) is 5.69 Å². The van der Waals surface area contributed by atoms with Gasteiger partial charge in [-0.05, 0) is 19.9 Å². The smallest absolute Gasteiger partial charge is 0.312 e. The minimum Gasteiger partial charge on any atom is -0.507 e. The summed E-state index contributed by atoms with van der Waals surface area (Å²) < 4.78 is 23.8. The zero-order valence-corrected chi connectivity index (χ0v) is 34.7. The average molecular weight is 820 g/mol. The number of hydrogen-bond donors (Lipinski definition) is 5. The van der Waals surface area contributed by atoms with Crippen LogP contribution in [-0.2, 0) is 23.8 Å². The molecule has 318 valence electrons. The van der Waals surface area contributed by atoms with E-state index in [1.807, 2.05) is 0 Å². The van der Waals surface area contributed by atoms with Gasteiger partial charge in [0.15, 0.2) is 11.4 Å². The Bertz CT molecular complexity index is 2280. The highest BCUT2D eigenvalue weighted by atomic mass is 16.7. The normalized spacial score (nSPS) is 30.9. The third kappa shape index (κ3) is 7.66. The van der Waals surface area contributed by atoms with Gasteiger partial charge in [-0.1, -0.05) is 45.9 Å². The molecule has 1 amide bonds. The maximum atomic E-state index is 14.6. The van der Waals surface area contributed by atoms with Gasteiger partial charge in [-0.3, -0.25) is 29.4 Å². The van der Waals surface area contributed by atoms with E-state index in [1.165, 1.54) is 51.3 Å². The number of allylic oxidation sites excluding steroid dienone is 2. The number of esters is 1. The Hall–Kier alpha value is -5.39. The number of benzene rings is 2. The number of phenolic OH excluding ortho intramolecular Hbond substituents is 2. The molecule has 9 atom stereocenters. The molecule has 1 spiro atoms. The number of aliphatic hydroxyl groups excluding tert-OH is 2. The second-order valence-corrected chi connectivity index (χ2v) is 16.3. The maximum absolute atomic E-state index is 14.6. The average Bonchev–Trinajstić information content (AvgIpc) is 3.70. The van der Waals surface area contributed by atoms with E-state index >= 15 is 0 Å². The van der Waals surface area contributed by atoms with Gasteiger partial charge in [-0.15, -0.1) is 4.91 Å². The minimum absolute atomic E-state index is 0.0126. The predicted octanol–water partition coefficient (Wildman–Crippen LogP) is 3.77. The van der Waals surface area contributed by atoms with Crippen LogP contribution in [0.25, 0.3) is 10.8 Å². The van der Waals surface area contributed by atoms with Gasteiger partial charge in [0.2, 0.25) is 0 Å². The van der Waals surface area contributed by atoms with Gasteiger partial charge >= 0.3 is 11.8 Å². The Kier molecular flexibility index (Phi) is 12.0. The van der Waals surface area contributed by atoms with Crippen molar-refractivity contribution in [3.63, 3.8) is 0 Å². The van der Waals surface area contributed by atoms with Crippen molar-refractivity contribution in [1.82, 2.24) is 5.01 Å². The topological polar surface area (TPSA) is 238 Å². The SMILES string of the molecule is CO[C@H]1C=CO[C@@]2(C)Oc3c(C)c(O)c4c(O)c(c5c(c4c3C2=O)=NC2(CCN(N=O)CC2)N=5)NC(=O)C(C)=CC=C[C@H](C)[C@H](O)[C@@H](C)[C@@H](O)[C@@H](C)[C@H](OC(C)=O)[C@@H]1C. The first-order valence-corrected chi connectivity index (χ1v) is 19.7. The van der Waals surface area contributed by atoms with Crippen molar-refractivity contribution >= 4 is 34.1 Å². The number of carbonyl (C=O) groups is 3. The quantitative estimate of drug-likeness (QED) is 0.169. The van der Waals surface area contributed by atoms with Crippen LogP contribution >= 0.6 is 0 Å². The summed E-state index contributed by atoms with van der Waals surface area (Å²) in [7, 11) is 1.44. The molecule has 59 heavy (non-hydrogen) atoms. The van der Waals surface area contributed by atoms with E-state index in [0.29, 0.717) is 0 Å². The summed E-state index contributed by atoms with van der Waals surface area (Å²) in [5.41, 5.74) is -1.01. The molecule has 2 aromatic carbocycles. The van der Waals surface area contributed by atoms with Crippen LogP contribution in [0.3, 0.4) is 0 Å². The summed E-state index contributed by atoms with van der Waals surface area (Å²) >= 11 is 0. The van der Waals surface area contributed by atoms with Gasteiger partial charge in [0.1, 0.15) is 28.6 Å². The summed E-state index contributed by atoms with van der Waals surface area (Å²) in [6.45, 7) is 13.1. The number of fused-ring (bicyclic) bond motifs is 1. The number of piperidine rings is 1. The van der Waals surface area contributed by atoms with Crippen LogP contribution in [0.15, 0.2) is 51.4 Å². The monoisotopic (exact) mass is 819 g/mol. The van der Waals surface area contributed by atoms with Crippen molar-refractivity contribution in [2.45, 2.75) is 104 Å². The number of hydrogen-bond acceptors (Lipinski definition) is 15. The largest absolute Gasteiger partial charge is 0.507 e. The molecular weight excluding hydrogens is 766 g/mol. The van der Waals surface area contributed by atoms with Crippen LogP contribution in [0.5, 0.6) is 17.2 Å². The van der Waals surface area contributed by atoms with Crippen LogP contribution in [0, 0.1) is 35.5 Å². The molecule has 0 aliphatic carbocycles. The Balaban J connectivity index is 1.55. The fraction of sp³-hybridized carbons (Fsp3) is 0.548. The lowest BCUT2D eigenvalue weighted by Crippen LogP contribution is -2.46. The fourth-order valence-electron chi connectivity index (χ4n) is 8.52. The molecule has 4 aliphatic heterocycles. The molecular formula is C42H53N5O12. The summed E-state index contributed by atoms with van der Waals surface area (Å²) in [5, 5.41) is 53.8. The molecule has 5 N–H and O–H groups in total. The lowest BCUT2D eigenvalue weighted by atomic mass is 9.78. The number of anilines is 1. The standard InChI is InChI=1S/C42H53N5O12/c1-19-11-10-12-20(2)40(54)43-32-31-30(44-42(45-31)14-16-47(46-55)17-15-42)27-28(36(32)52)35(51)24(6)38-29(27)39(53)41(8,59-38)57-18-13-26(56-9)21(3)37(58-25(7)48)23(5)34(50)22(4)33(19)49/h10-13,18-19,21-23,26,33-34,37,49-52H,14-17H2,1-9H3,(H,43,54)/t19-,21+,22+,23+,26-,33-,34+,37+,41-/m0/s1. The number of methoxy groups -OCH3 is 1. The van der Waals surface area contributed by atoms with Crippen LogP contribution in [-0.4, -0.2) is 99.2 Å². The second-order valence-electron chi connectivity index (χ2n) is 16.3. The van der Waals surface area contributed by atoms with Crippen LogP contribution in [0.1, 0.15) is 77.2 Å². The van der Waals surface area contributed by atoms with Crippen LogP contribution < -0.4 is 20.8 Å². The predicted molar refractivity (Wildman–Crippen MR) is 214 cm³/mol. The highest BCUT2D eigenvalue weighted by Gasteiger charge is 2.50. The number of Topliss-reactive ketones (excluding diaryl/α,β-unsaturated/α-hetero) is 1. The first-order valence-electron chi connectivity index (χ1n) is 19.7. The third-order valence-corrected chi connectivity index (χ3v) is 12.3. The second kappa shape index (κ2) is 16.3. The first-order chi connectivity index (χ1) is 27.8. The number of carbonyl (C=O) groups excluding carboxylic acids is 3. The number of amides is 1. The molecule has 1 saturated heterocycles. The zero-order chi connectivity index (χ0) is 43.3. The molecule has 1 fully saturated rings. The molecule has 2 aromatic rings. The molecule has 17 heteroatoms. The molecule has 0 unspecified atom stereocenters. The Labute approximate surface area is 341 Å². The van der Waals surface area contributed by atoms with Gasteiger partial charge in [-0.25, -0.2) is 0 Å². The number of rotatable bonds is 3. The molecule has 4 aliphatic rings. The summed E-state index contributed by atoms with van der Waals surface area (Å²) in [5.74, 6) is -7.34. The number of nitrogens with one attached hydrogen (secondary N) is 1. The number of nitrogens with zero attached hydrogens (tertiary/aromatic N) is 4. The number of ether oxygens (including phenoxy) is 4. The maximum Gasteiger partial charge on any atom is 0.312 e. The van der Waals surface area contributed by atoms with Gasteiger partial charge in [-0.2, -0.15) is 0 Å². The van der Waals surface area contributed by atoms with Crippen molar-refractivity contribution in [3.05, 3.63) is 62.9 Å². The third-order valence-electron chi connectivity index (χ3n) is 12.3. The summed E-state index contributed by atoms with van der Waals surface area (Å²) in [4.78, 5) is 62.0.